The Balaban J connectivity index is 2.55. The molecule has 0 radical (unpaired) electrons. The monoisotopic (exact) mass is 248 g/mol. The molecule has 6 heteroatoms. The summed E-state index contributed by atoms with van der Waals surface area (Å²) in [5, 5.41) is 0. The number of nitrogens with one attached hydrogen (secondary N) is 1. The number of H-pyrrole nitrogens is 1. The fourth-order valence-electron chi connectivity index (χ4n) is 1.47. The number of anilines is 1. The average molecular weight is 248 g/mol. The van der Waals surface area contributed by atoms with Crippen LogP contribution >= 0.6 is 12.2 Å². The summed E-state index contributed by atoms with van der Waals surface area (Å²) in [5.74, 6) is 1.54. The summed E-state index contributed by atoms with van der Waals surface area (Å²) in [6.45, 7) is 2.51. The second kappa shape index (κ2) is 4.92. The number of aromatic nitrogens is 3. The quantitative estimate of drug-likeness (QED) is 0.814. The van der Waals surface area contributed by atoms with Gasteiger partial charge < -0.3 is 15.5 Å². The molecular weight excluding hydrogens is 236 g/mol. The Kier molecular flexibility index (Phi) is 3.34. The number of nitrogens with two attached hydrogens (primary N) is 1. The van der Waals surface area contributed by atoms with E-state index in [0.29, 0.717) is 12.4 Å². The summed E-state index contributed by atoms with van der Waals surface area (Å²) < 4.78 is 5.73. The molecule has 0 saturated carbocycles. The Morgan fingerprint density at radius 1 is 1.35 bits per heavy atom. The van der Waals surface area contributed by atoms with Crippen molar-refractivity contribution in [1.82, 2.24) is 15.0 Å². The third-order valence-corrected chi connectivity index (χ3v) is 2.29. The maximum absolute atomic E-state index is 5.61. The number of benzene rings is 1. The summed E-state index contributed by atoms with van der Waals surface area (Å²) in [5.41, 5.74) is 6.42. The lowest BCUT2D eigenvalue weighted by molar-refractivity contribution is 0.341. The molecule has 0 spiro atoms. The van der Waals surface area contributed by atoms with Crippen LogP contribution in [0.5, 0.6) is 5.75 Å². The van der Waals surface area contributed by atoms with Crippen LogP contribution in [-0.4, -0.2) is 21.6 Å². The van der Waals surface area contributed by atoms with E-state index in [0.717, 1.165) is 11.3 Å². The molecule has 1 heterocycles. The lowest BCUT2D eigenvalue weighted by atomic mass is 10.2. The summed E-state index contributed by atoms with van der Waals surface area (Å²) in [6.07, 6.45) is 0. The largest absolute Gasteiger partial charge is 0.493 e. The maximum Gasteiger partial charge on any atom is 0.224 e. The summed E-state index contributed by atoms with van der Waals surface area (Å²) in [7, 11) is 0. The van der Waals surface area contributed by atoms with Crippen molar-refractivity contribution in [3.05, 3.63) is 29.0 Å². The van der Waals surface area contributed by atoms with Crippen molar-refractivity contribution in [1.29, 1.82) is 0 Å². The fourth-order valence-corrected chi connectivity index (χ4v) is 1.66. The van der Waals surface area contributed by atoms with Gasteiger partial charge >= 0.3 is 0 Å². The third kappa shape index (κ3) is 2.59. The van der Waals surface area contributed by atoms with Gasteiger partial charge in [0, 0.05) is 0 Å². The second-order valence-electron chi connectivity index (χ2n) is 3.29. The molecule has 0 fully saturated rings. The highest BCUT2D eigenvalue weighted by molar-refractivity contribution is 7.71. The minimum atomic E-state index is 0.211. The minimum absolute atomic E-state index is 0.211. The number of nitrogens with zero attached hydrogens (tertiary/aromatic N) is 2. The van der Waals surface area contributed by atoms with E-state index in [1.54, 1.807) is 0 Å². The van der Waals surface area contributed by atoms with E-state index in [-0.39, 0.29) is 10.7 Å². The first-order chi connectivity index (χ1) is 8.20. The van der Waals surface area contributed by atoms with Gasteiger partial charge in [-0.2, -0.15) is 4.98 Å². The number of para-hydroxylation sites is 1. The van der Waals surface area contributed by atoms with Crippen LogP contribution < -0.4 is 10.5 Å². The van der Waals surface area contributed by atoms with E-state index < -0.39 is 0 Å². The molecule has 0 atom stereocenters. The van der Waals surface area contributed by atoms with Gasteiger partial charge in [-0.25, -0.2) is 4.98 Å². The number of hydrogen-bond acceptors (Lipinski definition) is 5. The van der Waals surface area contributed by atoms with Crippen LogP contribution in [0.3, 0.4) is 0 Å². The average Bonchev–Trinajstić information content (AvgIpc) is 2.29. The number of ether oxygens (including phenoxy) is 1. The Hall–Kier alpha value is -1.95. The van der Waals surface area contributed by atoms with Crippen LogP contribution in [0.1, 0.15) is 6.92 Å². The predicted molar refractivity (Wildman–Crippen MR) is 68.2 cm³/mol. The molecule has 0 aliphatic carbocycles. The molecule has 2 aromatic rings. The van der Waals surface area contributed by atoms with Gasteiger partial charge in [0.1, 0.15) is 11.6 Å². The molecule has 17 heavy (non-hydrogen) atoms. The van der Waals surface area contributed by atoms with Crippen molar-refractivity contribution in [3.63, 3.8) is 0 Å². The fraction of sp³-hybridized carbons (Fsp3) is 0.182. The SMILES string of the molecule is CCOc1ccccc1-c1nc(=S)nc(N)[nH]1. The number of rotatable bonds is 3. The van der Waals surface area contributed by atoms with Crippen LogP contribution in [0.25, 0.3) is 11.4 Å². The van der Waals surface area contributed by atoms with Gasteiger partial charge in [0.05, 0.1) is 12.2 Å². The molecular formula is C11H12N4OS. The minimum Gasteiger partial charge on any atom is -0.493 e. The summed E-state index contributed by atoms with van der Waals surface area (Å²) in [6, 6.07) is 7.55. The Labute approximate surface area is 104 Å². The molecule has 0 bridgehead atoms. The Morgan fingerprint density at radius 3 is 2.82 bits per heavy atom. The molecule has 0 aliphatic rings. The zero-order valence-electron chi connectivity index (χ0n) is 9.30. The highest BCUT2D eigenvalue weighted by Crippen LogP contribution is 2.26. The first-order valence-corrected chi connectivity index (χ1v) is 5.57. The van der Waals surface area contributed by atoms with Crippen LogP contribution in [-0.2, 0) is 0 Å². The molecule has 0 unspecified atom stereocenters. The van der Waals surface area contributed by atoms with Gasteiger partial charge in [-0.05, 0) is 31.3 Å². The van der Waals surface area contributed by atoms with Gasteiger partial charge in [0.2, 0.25) is 10.7 Å². The zero-order valence-corrected chi connectivity index (χ0v) is 10.1. The molecule has 0 saturated heterocycles. The van der Waals surface area contributed by atoms with E-state index >= 15 is 0 Å². The van der Waals surface area contributed by atoms with Crippen LogP contribution in [0.15, 0.2) is 24.3 Å². The van der Waals surface area contributed by atoms with E-state index in [9.17, 15) is 0 Å². The normalized spacial score (nSPS) is 10.2. The molecule has 3 N–H and O–H groups in total. The van der Waals surface area contributed by atoms with Gasteiger partial charge in [-0.1, -0.05) is 12.1 Å². The van der Waals surface area contributed by atoms with Crippen molar-refractivity contribution in [2.24, 2.45) is 0 Å². The molecule has 88 valence electrons. The molecule has 2 rings (SSSR count). The zero-order chi connectivity index (χ0) is 12.3. The third-order valence-electron chi connectivity index (χ3n) is 2.11. The predicted octanol–water partition coefficient (Wildman–Crippen LogP) is 2.18. The van der Waals surface area contributed by atoms with E-state index in [1.165, 1.54) is 0 Å². The number of hydrogen-bond donors (Lipinski definition) is 2. The summed E-state index contributed by atoms with van der Waals surface area (Å²) >= 11 is 4.93. The van der Waals surface area contributed by atoms with Gasteiger partial charge in [0.25, 0.3) is 0 Å². The van der Waals surface area contributed by atoms with Crippen LogP contribution in [0.4, 0.5) is 5.95 Å². The van der Waals surface area contributed by atoms with Gasteiger partial charge in [-0.15, -0.1) is 0 Å². The summed E-state index contributed by atoms with van der Waals surface area (Å²) in [4.78, 5) is 10.8. The number of aromatic amines is 1. The van der Waals surface area contributed by atoms with Crippen molar-refractivity contribution in [2.75, 3.05) is 12.3 Å². The highest BCUT2D eigenvalue weighted by atomic mass is 32.1. The Morgan fingerprint density at radius 2 is 2.12 bits per heavy atom. The van der Waals surface area contributed by atoms with Crippen molar-refractivity contribution >= 4 is 18.2 Å². The van der Waals surface area contributed by atoms with Gasteiger partial charge in [0.15, 0.2) is 0 Å². The highest BCUT2D eigenvalue weighted by Gasteiger charge is 2.08. The maximum atomic E-state index is 5.61. The molecule has 1 aromatic carbocycles. The first kappa shape index (κ1) is 11.5. The smallest absolute Gasteiger partial charge is 0.224 e. The van der Waals surface area contributed by atoms with Gasteiger partial charge in [-0.3, -0.25) is 0 Å². The van der Waals surface area contributed by atoms with Crippen molar-refractivity contribution in [2.45, 2.75) is 6.92 Å². The van der Waals surface area contributed by atoms with Crippen molar-refractivity contribution in [3.8, 4) is 17.1 Å². The lowest BCUT2D eigenvalue weighted by Crippen LogP contribution is -2.01. The topological polar surface area (TPSA) is 76.8 Å². The van der Waals surface area contributed by atoms with Crippen LogP contribution in [0.2, 0.25) is 0 Å². The second-order valence-corrected chi connectivity index (χ2v) is 3.66. The molecule has 5 nitrogen and oxygen atoms in total. The molecule has 0 amide bonds. The van der Waals surface area contributed by atoms with E-state index in [2.05, 4.69) is 15.0 Å². The van der Waals surface area contributed by atoms with Crippen LogP contribution in [0, 0.1) is 4.77 Å². The van der Waals surface area contributed by atoms with E-state index in [1.807, 2.05) is 31.2 Å². The number of nitrogen functional groups attached to an aromatic ring is 1. The Bertz CT molecular complexity index is 582. The van der Waals surface area contributed by atoms with E-state index in [4.69, 9.17) is 22.7 Å². The standard InChI is InChI=1S/C11H12N4OS/c1-2-16-8-6-4-3-5-7(8)9-13-10(12)15-11(17)14-9/h3-6H,2H2,1H3,(H3,12,13,14,15,17). The van der Waals surface area contributed by atoms with Crippen molar-refractivity contribution < 1.29 is 4.74 Å². The molecule has 0 aliphatic heterocycles. The lowest BCUT2D eigenvalue weighted by Gasteiger charge is -2.09. The molecule has 1 aromatic heterocycles. The first-order valence-electron chi connectivity index (χ1n) is 5.16.